The zero-order valence-corrected chi connectivity index (χ0v) is 22.5. The van der Waals surface area contributed by atoms with Gasteiger partial charge in [0.15, 0.2) is 0 Å². The lowest BCUT2D eigenvalue weighted by molar-refractivity contribution is -0.109. The summed E-state index contributed by atoms with van der Waals surface area (Å²) in [6.07, 6.45) is 6.87. The molecule has 0 saturated carbocycles. The highest BCUT2D eigenvalue weighted by Crippen LogP contribution is 2.33. The van der Waals surface area contributed by atoms with E-state index in [-0.39, 0.29) is 0 Å². The Hall–Kier alpha value is -3.03. The van der Waals surface area contributed by atoms with E-state index >= 15 is 0 Å². The van der Waals surface area contributed by atoms with Crippen molar-refractivity contribution < 1.29 is 9.53 Å². The monoisotopic (exact) mass is 505 g/mol. The molecule has 0 unspecified atom stereocenters. The number of likely N-dealkylation sites (tertiary alicyclic amines) is 1. The number of carbonyl (C=O) groups is 1. The number of amides is 1. The summed E-state index contributed by atoms with van der Waals surface area (Å²) in [4.78, 5) is 20.9. The molecule has 1 aromatic heterocycles. The molecule has 2 N–H and O–H groups in total. The lowest BCUT2D eigenvalue weighted by Crippen LogP contribution is -2.48. The van der Waals surface area contributed by atoms with Gasteiger partial charge in [-0.25, -0.2) is 0 Å². The first kappa shape index (κ1) is 27.0. The van der Waals surface area contributed by atoms with Crippen LogP contribution in [0.3, 0.4) is 0 Å². The molecule has 0 radical (unpaired) electrons. The molecule has 3 aromatic rings. The van der Waals surface area contributed by atoms with Crippen LogP contribution in [0.25, 0.3) is 10.9 Å². The average molecular weight is 506 g/mol. The molecule has 0 bridgehead atoms. The van der Waals surface area contributed by atoms with Gasteiger partial charge in [0.05, 0.1) is 12.8 Å². The number of nitrogens with one attached hydrogen (secondary N) is 2. The number of ether oxygens (including phenoxy) is 1. The summed E-state index contributed by atoms with van der Waals surface area (Å²) in [5.74, 6) is 1.67. The molecule has 200 valence electrons. The number of anilines is 1. The highest BCUT2D eigenvalue weighted by atomic mass is 16.5. The number of para-hydroxylation sites is 3. The van der Waals surface area contributed by atoms with E-state index in [1.807, 2.05) is 18.2 Å². The van der Waals surface area contributed by atoms with Crippen molar-refractivity contribution >= 4 is 23.0 Å². The molecule has 2 aliphatic heterocycles. The molecule has 37 heavy (non-hydrogen) atoms. The van der Waals surface area contributed by atoms with E-state index in [9.17, 15) is 4.79 Å². The molecule has 1 amide bonds. The second-order valence-electron chi connectivity index (χ2n) is 9.98. The van der Waals surface area contributed by atoms with Crippen LogP contribution in [-0.4, -0.2) is 87.2 Å². The first-order valence-electron chi connectivity index (χ1n) is 13.8. The van der Waals surface area contributed by atoms with E-state index in [0.29, 0.717) is 0 Å². The van der Waals surface area contributed by atoms with E-state index in [1.54, 1.807) is 7.11 Å². The van der Waals surface area contributed by atoms with Crippen molar-refractivity contribution in [3.8, 4) is 5.75 Å². The van der Waals surface area contributed by atoms with Crippen LogP contribution < -0.4 is 15.0 Å². The highest BCUT2D eigenvalue weighted by Gasteiger charge is 2.22. The van der Waals surface area contributed by atoms with E-state index < -0.39 is 0 Å². The number of rotatable bonds is 9. The quantitative estimate of drug-likeness (QED) is 0.335. The Balaban J connectivity index is 0.000000173. The molecule has 0 atom stereocenters. The molecule has 0 aliphatic carbocycles. The van der Waals surface area contributed by atoms with Gasteiger partial charge in [0.2, 0.25) is 6.41 Å². The van der Waals surface area contributed by atoms with Gasteiger partial charge in [0, 0.05) is 56.4 Å². The van der Waals surface area contributed by atoms with Gasteiger partial charge in [-0.15, -0.1) is 0 Å². The van der Waals surface area contributed by atoms with E-state index in [4.69, 9.17) is 4.74 Å². The SMILES string of the molecule is CCCN1CCC(c2c[nH]c3ccccc23)CC1.COc1ccccc1N1CCN(CCNC=O)CC1. The van der Waals surface area contributed by atoms with Crippen LogP contribution in [0.4, 0.5) is 5.69 Å². The third-order valence-corrected chi connectivity index (χ3v) is 7.64. The number of H-pyrrole nitrogens is 1. The summed E-state index contributed by atoms with van der Waals surface area (Å²) in [6.45, 7) is 11.7. The molecule has 2 aliphatic rings. The van der Waals surface area contributed by atoms with Crippen LogP contribution >= 0.6 is 0 Å². The predicted octanol–water partition coefficient (Wildman–Crippen LogP) is 4.32. The van der Waals surface area contributed by atoms with Crippen molar-refractivity contribution in [2.45, 2.75) is 32.1 Å². The third kappa shape index (κ3) is 7.27. The molecule has 7 heteroatoms. The van der Waals surface area contributed by atoms with Crippen molar-refractivity contribution in [2.75, 3.05) is 70.9 Å². The number of aromatic nitrogens is 1. The molecule has 0 spiro atoms. The number of fused-ring (bicyclic) bond motifs is 1. The summed E-state index contributed by atoms with van der Waals surface area (Å²) in [5, 5.41) is 4.12. The number of piperidine rings is 1. The van der Waals surface area contributed by atoms with Gasteiger partial charge in [0.1, 0.15) is 5.75 Å². The summed E-state index contributed by atoms with van der Waals surface area (Å²) in [7, 11) is 1.71. The van der Waals surface area contributed by atoms with Crippen molar-refractivity contribution in [3.05, 3.63) is 60.3 Å². The zero-order chi connectivity index (χ0) is 25.9. The topological polar surface area (TPSA) is 63.8 Å². The molecule has 7 nitrogen and oxygen atoms in total. The number of aromatic amines is 1. The number of piperazine rings is 1. The van der Waals surface area contributed by atoms with Gasteiger partial charge in [-0.3, -0.25) is 9.69 Å². The Morgan fingerprint density at radius 3 is 2.38 bits per heavy atom. The smallest absolute Gasteiger partial charge is 0.207 e. The predicted molar refractivity (Wildman–Crippen MR) is 153 cm³/mol. The standard InChI is InChI=1S/C16H22N2.C14H21N3O2/c1-2-9-18-10-7-13(8-11-18)15-12-17-16-6-4-3-5-14(15)16;1-19-14-5-3-2-4-13(14)17-10-8-16(9-11-17)7-6-15-12-18/h3-6,12-13,17H,2,7-11H2,1H3;2-5,12H,6-11H2,1H3,(H,15,18). The maximum atomic E-state index is 10.2. The Labute approximate surface area is 221 Å². The fraction of sp³-hybridized carbons (Fsp3) is 0.500. The summed E-state index contributed by atoms with van der Waals surface area (Å²) in [6, 6.07) is 16.8. The van der Waals surface area contributed by atoms with Crippen molar-refractivity contribution in [2.24, 2.45) is 0 Å². The van der Waals surface area contributed by atoms with Crippen LogP contribution in [0, 0.1) is 0 Å². The molecule has 2 aromatic carbocycles. The lowest BCUT2D eigenvalue weighted by atomic mass is 9.89. The van der Waals surface area contributed by atoms with Crippen molar-refractivity contribution in [3.63, 3.8) is 0 Å². The van der Waals surface area contributed by atoms with Gasteiger partial charge in [0.25, 0.3) is 0 Å². The number of hydrogen-bond acceptors (Lipinski definition) is 5. The molecular formula is C30H43N5O2. The van der Waals surface area contributed by atoms with Gasteiger partial charge >= 0.3 is 0 Å². The van der Waals surface area contributed by atoms with Crippen molar-refractivity contribution in [1.82, 2.24) is 20.1 Å². The number of nitrogens with zero attached hydrogens (tertiary/aromatic N) is 3. The van der Waals surface area contributed by atoms with Crippen LogP contribution in [-0.2, 0) is 4.79 Å². The van der Waals surface area contributed by atoms with Gasteiger partial charge < -0.3 is 24.8 Å². The minimum Gasteiger partial charge on any atom is -0.495 e. The first-order valence-corrected chi connectivity index (χ1v) is 13.8. The minimum atomic E-state index is 0.720. The minimum absolute atomic E-state index is 0.720. The lowest BCUT2D eigenvalue weighted by Gasteiger charge is -2.36. The second kappa shape index (κ2) is 14.1. The van der Waals surface area contributed by atoms with Crippen LogP contribution in [0.2, 0.25) is 0 Å². The van der Waals surface area contributed by atoms with Crippen LogP contribution in [0.15, 0.2) is 54.7 Å². The summed E-state index contributed by atoms with van der Waals surface area (Å²) >= 11 is 0. The molecule has 3 heterocycles. The molecule has 2 fully saturated rings. The highest BCUT2D eigenvalue weighted by molar-refractivity contribution is 5.83. The Morgan fingerprint density at radius 2 is 1.65 bits per heavy atom. The van der Waals surface area contributed by atoms with E-state index in [2.05, 4.69) is 68.5 Å². The fourth-order valence-corrected chi connectivity index (χ4v) is 5.60. The Morgan fingerprint density at radius 1 is 0.946 bits per heavy atom. The fourth-order valence-electron chi connectivity index (χ4n) is 5.60. The van der Waals surface area contributed by atoms with Crippen LogP contribution in [0.5, 0.6) is 5.75 Å². The number of carbonyl (C=O) groups excluding carboxylic acids is 1. The largest absolute Gasteiger partial charge is 0.495 e. The van der Waals surface area contributed by atoms with E-state index in [1.165, 1.54) is 55.4 Å². The molecule has 2 saturated heterocycles. The Kier molecular flexibility index (Phi) is 10.3. The van der Waals surface area contributed by atoms with Gasteiger partial charge in [-0.05, 0) is 68.6 Å². The van der Waals surface area contributed by atoms with Gasteiger partial charge in [-0.1, -0.05) is 37.3 Å². The normalized spacial score (nSPS) is 17.3. The Bertz CT molecular complexity index is 1080. The maximum Gasteiger partial charge on any atom is 0.207 e. The van der Waals surface area contributed by atoms with Crippen LogP contribution in [0.1, 0.15) is 37.7 Å². The second-order valence-corrected chi connectivity index (χ2v) is 9.98. The third-order valence-electron chi connectivity index (χ3n) is 7.64. The van der Waals surface area contributed by atoms with E-state index in [0.717, 1.165) is 63.0 Å². The number of methoxy groups -OCH3 is 1. The summed E-state index contributed by atoms with van der Waals surface area (Å²) in [5.41, 5.74) is 3.97. The van der Waals surface area contributed by atoms with Gasteiger partial charge in [-0.2, -0.15) is 0 Å². The maximum absolute atomic E-state index is 10.2. The first-order chi connectivity index (χ1) is 18.2. The molecule has 5 rings (SSSR count). The summed E-state index contributed by atoms with van der Waals surface area (Å²) < 4.78 is 5.40. The van der Waals surface area contributed by atoms with Crippen molar-refractivity contribution in [1.29, 1.82) is 0 Å². The number of benzene rings is 2. The number of hydrogen-bond donors (Lipinski definition) is 2. The molecular weight excluding hydrogens is 462 g/mol. The average Bonchev–Trinajstić information content (AvgIpc) is 3.39. The zero-order valence-electron chi connectivity index (χ0n) is 22.5.